The third kappa shape index (κ3) is 3.37. The second kappa shape index (κ2) is 6.42. The molecule has 0 saturated carbocycles. The number of aromatic amines is 1. The molecule has 0 spiro atoms. The van der Waals surface area contributed by atoms with Crippen LogP contribution in [-0.4, -0.2) is 22.4 Å². The maximum atomic E-state index is 12.6. The van der Waals surface area contributed by atoms with Gasteiger partial charge in [-0.15, -0.1) is 0 Å². The minimum atomic E-state index is -0.119. The molecule has 0 radical (unpaired) electrons. The van der Waals surface area contributed by atoms with Crippen LogP contribution < -0.4 is 10.6 Å². The number of amides is 1. The van der Waals surface area contributed by atoms with Crippen molar-refractivity contribution in [1.29, 1.82) is 0 Å². The number of rotatable bonds is 5. The average molecular weight is 328 g/mol. The lowest BCUT2D eigenvalue weighted by Gasteiger charge is -2.05. The zero-order valence-corrected chi connectivity index (χ0v) is 14.3. The number of thiazole rings is 1. The molecule has 2 heterocycles. The number of carbonyl (C=O) groups excluding carboxylic acids is 1. The number of nitrogens with zero attached hydrogens (tertiary/aromatic N) is 1. The second-order valence-electron chi connectivity index (χ2n) is 5.91. The van der Waals surface area contributed by atoms with E-state index in [1.54, 1.807) is 0 Å². The summed E-state index contributed by atoms with van der Waals surface area (Å²) in [5.74, 6) is 0.411. The molecule has 5 nitrogen and oxygen atoms in total. The van der Waals surface area contributed by atoms with Gasteiger partial charge in [-0.3, -0.25) is 4.79 Å². The lowest BCUT2D eigenvalue weighted by atomic mass is 10.2. The molecule has 2 aromatic heterocycles. The van der Waals surface area contributed by atoms with Gasteiger partial charge in [-0.1, -0.05) is 31.3 Å². The topological polar surface area (TPSA) is 69.8 Å². The summed E-state index contributed by atoms with van der Waals surface area (Å²) in [6.45, 7) is 6.98. The Kier molecular flexibility index (Phi) is 4.34. The Hall–Kier alpha value is -2.34. The van der Waals surface area contributed by atoms with Gasteiger partial charge >= 0.3 is 0 Å². The highest BCUT2D eigenvalue weighted by atomic mass is 32.1. The highest BCUT2D eigenvalue weighted by Crippen LogP contribution is 2.26. The van der Waals surface area contributed by atoms with Crippen molar-refractivity contribution < 1.29 is 4.79 Å². The fourth-order valence-corrected chi connectivity index (χ4v) is 3.22. The standard InChI is InChI=1S/C17H20N4OS/c1-10(2)9-19-17-20-11(3)15(23-17)16(22)21-14-6-4-5-13-12(14)7-8-18-13/h4-8,10,18H,9H2,1-3H3,(H,19,20)(H,21,22). The molecule has 0 aliphatic rings. The summed E-state index contributed by atoms with van der Waals surface area (Å²) in [6.07, 6.45) is 1.87. The number of anilines is 2. The van der Waals surface area contributed by atoms with E-state index in [-0.39, 0.29) is 5.91 Å². The minimum Gasteiger partial charge on any atom is -0.361 e. The van der Waals surface area contributed by atoms with Crippen LogP contribution in [-0.2, 0) is 0 Å². The molecule has 6 heteroatoms. The van der Waals surface area contributed by atoms with Gasteiger partial charge in [0.15, 0.2) is 5.13 Å². The minimum absolute atomic E-state index is 0.119. The van der Waals surface area contributed by atoms with E-state index in [1.165, 1.54) is 11.3 Å². The first-order valence-electron chi connectivity index (χ1n) is 7.63. The first-order valence-corrected chi connectivity index (χ1v) is 8.45. The van der Waals surface area contributed by atoms with E-state index in [0.29, 0.717) is 10.8 Å². The van der Waals surface area contributed by atoms with E-state index in [1.807, 2.05) is 37.4 Å². The maximum Gasteiger partial charge on any atom is 0.267 e. The molecule has 3 N–H and O–H groups in total. The van der Waals surface area contributed by atoms with Crippen LogP contribution in [0.2, 0.25) is 0 Å². The van der Waals surface area contributed by atoms with Crippen molar-refractivity contribution in [2.75, 3.05) is 17.2 Å². The lowest BCUT2D eigenvalue weighted by Crippen LogP contribution is -2.11. The molecule has 3 rings (SSSR count). The van der Waals surface area contributed by atoms with Crippen molar-refractivity contribution in [2.24, 2.45) is 5.92 Å². The highest BCUT2D eigenvalue weighted by molar-refractivity contribution is 7.17. The third-order valence-corrected chi connectivity index (χ3v) is 4.62. The molecule has 0 bridgehead atoms. The number of carbonyl (C=O) groups is 1. The number of H-pyrrole nitrogens is 1. The summed E-state index contributed by atoms with van der Waals surface area (Å²) < 4.78 is 0. The molecule has 1 aromatic carbocycles. The highest BCUT2D eigenvalue weighted by Gasteiger charge is 2.16. The van der Waals surface area contributed by atoms with E-state index in [9.17, 15) is 4.79 Å². The molecule has 1 amide bonds. The fraction of sp³-hybridized carbons (Fsp3) is 0.294. The second-order valence-corrected chi connectivity index (χ2v) is 6.91. The SMILES string of the molecule is Cc1nc(NCC(C)C)sc1C(=O)Nc1cccc2[nH]ccc12. The summed E-state index contributed by atoms with van der Waals surface area (Å²) in [7, 11) is 0. The van der Waals surface area contributed by atoms with Crippen molar-refractivity contribution in [2.45, 2.75) is 20.8 Å². The van der Waals surface area contributed by atoms with Gasteiger partial charge in [0, 0.05) is 23.6 Å². The van der Waals surface area contributed by atoms with Gasteiger partial charge in [0.05, 0.1) is 11.4 Å². The smallest absolute Gasteiger partial charge is 0.267 e. The van der Waals surface area contributed by atoms with Gasteiger partial charge in [-0.25, -0.2) is 4.98 Å². The Morgan fingerprint density at radius 2 is 2.17 bits per heavy atom. The van der Waals surface area contributed by atoms with E-state index >= 15 is 0 Å². The molecule has 3 aromatic rings. The molecule has 23 heavy (non-hydrogen) atoms. The van der Waals surface area contributed by atoms with Crippen LogP contribution in [0.15, 0.2) is 30.5 Å². The number of hydrogen-bond donors (Lipinski definition) is 3. The number of hydrogen-bond acceptors (Lipinski definition) is 4. The largest absolute Gasteiger partial charge is 0.361 e. The quantitative estimate of drug-likeness (QED) is 0.655. The summed E-state index contributed by atoms with van der Waals surface area (Å²) >= 11 is 1.39. The van der Waals surface area contributed by atoms with Crippen LogP contribution in [0.1, 0.15) is 29.2 Å². The zero-order valence-electron chi connectivity index (χ0n) is 13.4. The number of aryl methyl sites for hydroxylation is 1. The Labute approximate surface area is 139 Å². The number of aromatic nitrogens is 2. The van der Waals surface area contributed by atoms with Crippen LogP contribution in [0, 0.1) is 12.8 Å². The number of nitrogens with one attached hydrogen (secondary N) is 3. The Bertz CT molecular complexity index is 834. The summed E-state index contributed by atoms with van der Waals surface area (Å²) in [4.78, 5) is 20.8. The van der Waals surface area contributed by atoms with Gasteiger partial charge in [0.2, 0.25) is 0 Å². The molecule has 0 unspecified atom stereocenters. The molecule has 0 atom stereocenters. The first kappa shape index (κ1) is 15.6. The Balaban J connectivity index is 1.79. The van der Waals surface area contributed by atoms with Crippen LogP contribution in [0.4, 0.5) is 10.8 Å². The number of benzene rings is 1. The van der Waals surface area contributed by atoms with E-state index in [0.717, 1.165) is 34.0 Å². The molecular formula is C17H20N4OS. The molecule has 0 saturated heterocycles. The van der Waals surface area contributed by atoms with Crippen LogP contribution in [0.3, 0.4) is 0 Å². The van der Waals surface area contributed by atoms with E-state index in [2.05, 4.69) is 34.4 Å². The van der Waals surface area contributed by atoms with Gasteiger partial charge in [-0.05, 0) is 31.0 Å². The third-order valence-electron chi connectivity index (χ3n) is 3.51. The van der Waals surface area contributed by atoms with Crippen molar-refractivity contribution in [3.8, 4) is 0 Å². The molecule has 120 valence electrons. The van der Waals surface area contributed by atoms with E-state index in [4.69, 9.17) is 0 Å². The van der Waals surface area contributed by atoms with Crippen LogP contribution >= 0.6 is 11.3 Å². The first-order chi connectivity index (χ1) is 11.0. The summed E-state index contributed by atoms with van der Waals surface area (Å²) in [5.41, 5.74) is 2.56. The summed E-state index contributed by atoms with van der Waals surface area (Å²) in [5, 5.41) is 8.06. The molecule has 0 aliphatic heterocycles. The van der Waals surface area contributed by atoms with Gasteiger partial charge in [-0.2, -0.15) is 0 Å². The van der Waals surface area contributed by atoms with Gasteiger partial charge in [0.25, 0.3) is 5.91 Å². The van der Waals surface area contributed by atoms with Gasteiger partial charge in [0.1, 0.15) is 4.88 Å². The summed E-state index contributed by atoms with van der Waals surface area (Å²) in [6, 6.07) is 7.77. The zero-order chi connectivity index (χ0) is 16.4. The average Bonchev–Trinajstić information content (AvgIpc) is 3.12. The Morgan fingerprint density at radius 1 is 1.35 bits per heavy atom. The van der Waals surface area contributed by atoms with Crippen molar-refractivity contribution in [1.82, 2.24) is 9.97 Å². The van der Waals surface area contributed by atoms with Gasteiger partial charge < -0.3 is 15.6 Å². The van der Waals surface area contributed by atoms with Crippen LogP contribution in [0.5, 0.6) is 0 Å². The normalized spacial score (nSPS) is 11.1. The molecule has 0 aliphatic carbocycles. The number of fused-ring (bicyclic) bond motifs is 1. The van der Waals surface area contributed by atoms with Crippen molar-refractivity contribution in [3.05, 3.63) is 41.0 Å². The fourth-order valence-electron chi connectivity index (χ4n) is 2.35. The van der Waals surface area contributed by atoms with Crippen LogP contribution in [0.25, 0.3) is 10.9 Å². The molecule has 0 fully saturated rings. The lowest BCUT2D eigenvalue weighted by molar-refractivity contribution is 0.103. The Morgan fingerprint density at radius 3 is 2.96 bits per heavy atom. The van der Waals surface area contributed by atoms with E-state index < -0.39 is 0 Å². The van der Waals surface area contributed by atoms with Crippen molar-refractivity contribution >= 4 is 39.0 Å². The predicted molar refractivity (Wildman–Crippen MR) is 96.4 cm³/mol. The maximum absolute atomic E-state index is 12.6. The van der Waals surface area contributed by atoms with Crippen molar-refractivity contribution in [3.63, 3.8) is 0 Å². The predicted octanol–water partition coefficient (Wildman–Crippen LogP) is 4.25. The molecular weight excluding hydrogens is 308 g/mol. The monoisotopic (exact) mass is 328 g/mol.